The van der Waals surface area contributed by atoms with Crippen molar-refractivity contribution in [3.63, 3.8) is 0 Å². The van der Waals surface area contributed by atoms with Gasteiger partial charge in [0.15, 0.2) is 0 Å². The lowest BCUT2D eigenvalue weighted by atomic mass is 10.3. The van der Waals surface area contributed by atoms with E-state index in [0.717, 1.165) is 9.92 Å². The first-order chi connectivity index (χ1) is 9.19. The van der Waals surface area contributed by atoms with Crippen LogP contribution >= 0.6 is 23.4 Å². The van der Waals surface area contributed by atoms with E-state index in [4.69, 9.17) is 16.3 Å². The zero-order valence-electron chi connectivity index (χ0n) is 10.3. The Bertz CT molecular complexity index is 572. The van der Waals surface area contributed by atoms with Crippen molar-refractivity contribution in [2.24, 2.45) is 0 Å². The number of halogens is 1. The molecule has 1 aromatic heterocycles. The standard InChI is InChI=1S/C14H12ClNO2S/c1-2-18-14(17)10-6-7-13(16-9-10)19-12-5-3-4-11(15)8-12/h3-9H,2H2,1H3. The first-order valence-corrected chi connectivity index (χ1v) is 6.95. The zero-order valence-corrected chi connectivity index (χ0v) is 11.9. The van der Waals surface area contributed by atoms with Gasteiger partial charge in [-0.05, 0) is 37.3 Å². The summed E-state index contributed by atoms with van der Waals surface area (Å²) in [5.74, 6) is -0.352. The number of hydrogen-bond donors (Lipinski definition) is 0. The van der Waals surface area contributed by atoms with E-state index in [2.05, 4.69) is 4.98 Å². The third-order valence-corrected chi connectivity index (χ3v) is 3.44. The van der Waals surface area contributed by atoms with Crippen molar-refractivity contribution in [1.29, 1.82) is 0 Å². The maximum Gasteiger partial charge on any atom is 0.339 e. The Kier molecular flexibility index (Phi) is 4.82. The van der Waals surface area contributed by atoms with Gasteiger partial charge in [-0.3, -0.25) is 0 Å². The second-order valence-corrected chi connectivity index (χ2v) is 5.20. The van der Waals surface area contributed by atoms with E-state index in [9.17, 15) is 4.79 Å². The number of hydrogen-bond acceptors (Lipinski definition) is 4. The van der Waals surface area contributed by atoms with E-state index < -0.39 is 0 Å². The quantitative estimate of drug-likeness (QED) is 0.797. The summed E-state index contributed by atoms with van der Waals surface area (Å²) < 4.78 is 4.90. The van der Waals surface area contributed by atoms with Crippen LogP contribution in [0.4, 0.5) is 0 Å². The maximum absolute atomic E-state index is 11.5. The summed E-state index contributed by atoms with van der Waals surface area (Å²) in [5.41, 5.74) is 0.456. The van der Waals surface area contributed by atoms with E-state index in [1.807, 2.05) is 24.3 Å². The highest BCUT2D eigenvalue weighted by molar-refractivity contribution is 7.99. The molecule has 0 bridgehead atoms. The zero-order chi connectivity index (χ0) is 13.7. The summed E-state index contributed by atoms with van der Waals surface area (Å²) in [5, 5.41) is 1.49. The Balaban J connectivity index is 2.08. The molecule has 0 radical (unpaired) electrons. The van der Waals surface area contributed by atoms with Gasteiger partial charge >= 0.3 is 5.97 Å². The number of benzene rings is 1. The fraction of sp³-hybridized carbons (Fsp3) is 0.143. The molecule has 1 heterocycles. The summed E-state index contributed by atoms with van der Waals surface area (Å²) in [4.78, 5) is 16.7. The fourth-order valence-corrected chi connectivity index (χ4v) is 2.50. The van der Waals surface area contributed by atoms with Crippen LogP contribution in [0.5, 0.6) is 0 Å². The van der Waals surface area contributed by atoms with Crippen molar-refractivity contribution in [3.05, 3.63) is 53.2 Å². The molecule has 2 rings (SSSR count). The molecule has 0 N–H and O–H groups in total. The van der Waals surface area contributed by atoms with Gasteiger partial charge in [0, 0.05) is 16.1 Å². The van der Waals surface area contributed by atoms with Crippen LogP contribution in [0.2, 0.25) is 5.02 Å². The van der Waals surface area contributed by atoms with Gasteiger partial charge in [0.1, 0.15) is 5.03 Å². The van der Waals surface area contributed by atoms with Crippen LogP contribution in [0, 0.1) is 0 Å². The molecule has 98 valence electrons. The van der Waals surface area contributed by atoms with Gasteiger partial charge in [-0.2, -0.15) is 0 Å². The number of pyridine rings is 1. The van der Waals surface area contributed by atoms with Crippen LogP contribution in [0.1, 0.15) is 17.3 Å². The summed E-state index contributed by atoms with van der Waals surface area (Å²) in [6.07, 6.45) is 1.52. The van der Waals surface area contributed by atoms with E-state index in [-0.39, 0.29) is 5.97 Å². The van der Waals surface area contributed by atoms with Crippen LogP contribution in [0.25, 0.3) is 0 Å². The molecule has 2 aromatic rings. The van der Waals surface area contributed by atoms with Crippen molar-refractivity contribution in [1.82, 2.24) is 4.98 Å². The average Bonchev–Trinajstić information content (AvgIpc) is 2.40. The monoisotopic (exact) mass is 293 g/mol. The topological polar surface area (TPSA) is 39.2 Å². The van der Waals surface area contributed by atoms with Crippen molar-refractivity contribution >= 4 is 29.3 Å². The molecule has 5 heteroatoms. The lowest BCUT2D eigenvalue weighted by Crippen LogP contribution is -2.04. The highest BCUT2D eigenvalue weighted by Crippen LogP contribution is 2.27. The van der Waals surface area contributed by atoms with Gasteiger partial charge in [0.05, 0.1) is 12.2 Å². The minimum absolute atomic E-state index is 0.352. The molecule has 3 nitrogen and oxygen atoms in total. The second-order valence-electron chi connectivity index (χ2n) is 3.67. The number of carbonyl (C=O) groups excluding carboxylic acids is 1. The molecule has 19 heavy (non-hydrogen) atoms. The molecule has 0 atom stereocenters. The first-order valence-electron chi connectivity index (χ1n) is 5.75. The minimum atomic E-state index is -0.352. The Labute approximate surface area is 121 Å². The molecular weight excluding hydrogens is 282 g/mol. The minimum Gasteiger partial charge on any atom is -0.462 e. The van der Waals surface area contributed by atoms with Crippen LogP contribution in [-0.2, 0) is 4.74 Å². The Morgan fingerprint density at radius 3 is 2.84 bits per heavy atom. The predicted octanol–water partition coefficient (Wildman–Crippen LogP) is 4.06. The second kappa shape index (κ2) is 6.59. The van der Waals surface area contributed by atoms with Gasteiger partial charge in [0.2, 0.25) is 0 Å². The van der Waals surface area contributed by atoms with Crippen LogP contribution in [0.3, 0.4) is 0 Å². The highest BCUT2D eigenvalue weighted by Gasteiger charge is 2.07. The number of nitrogens with zero attached hydrogens (tertiary/aromatic N) is 1. The number of esters is 1. The fourth-order valence-electron chi connectivity index (χ4n) is 1.43. The molecule has 0 unspecified atom stereocenters. The lowest BCUT2D eigenvalue weighted by Gasteiger charge is -2.03. The van der Waals surface area contributed by atoms with Gasteiger partial charge in [-0.25, -0.2) is 9.78 Å². The van der Waals surface area contributed by atoms with Gasteiger partial charge < -0.3 is 4.74 Å². The van der Waals surface area contributed by atoms with Gasteiger partial charge in [0.25, 0.3) is 0 Å². The van der Waals surface area contributed by atoms with E-state index in [1.165, 1.54) is 18.0 Å². The molecule has 0 saturated carbocycles. The van der Waals surface area contributed by atoms with Crippen molar-refractivity contribution in [3.8, 4) is 0 Å². The average molecular weight is 294 g/mol. The Morgan fingerprint density at radius 1 is 1.37 bits per heavy atom. The molecule has 0 saturated heterocycles. The van der Waals surface area contributed by atoms with Gasteiger partial charge in [-0.15, -0.1) is 0 Å². The number of rotatable bonds is 4. The molecular formula is C14H12ClNO2S. The molecule has 0 spiro atoms. The molecule has 0 aliphatic heterocycles. The summed E-state index contributed by atoms with van der Waals surface area (Å²) in [6.45, 7) is 2.13. The van der Waals surface area contributed by atoms with E-state index >= 15 is 0 Å². The number of aromatic nitrogens is 1. The summed E-state index contributed by atoms with van der Waals surface area (Å²) in [7, 11) is 0. The third kappa shape index (κ3) is 3.98. The lowest BCUT2D eigenvalue weighted by molar-refractivity contribution is 0.0525. The molecule has 0 aliphatic rings. The normalized spacial score (nSPS) is 10.2. The Hall–Kier alpha value is -1.52. The molecule has 0 fully saturated rings. The van der Waals surface area contributed by atoms with Crippen LogP contribution < -0.4 is 0 Å². The van der Waals surface area contributed by atoms with E-state index in [0.29, 0.717) is 17.2 Å². The summed E-state index contributed by atoms with van der Waals surface area (Å²) >= 11 is 7.41. The van der Waals surface area contributed by atoms with Crippen LogP contribution in [-0.4, -0.2) is 17.6 Å². The van der Waals surface area contributed by atoms with Crippen molar-refractivity contribution < 1.29 is 9.53 Å². The summed E-state index contributed by atoms with van der Waals surface area (Å²) in [6, 6.07) is 11.0. The number of carbonyl (C=O) groups is 1. The molecule has 0 aliphatic carbocycles. The smallest absolute Gasteiger partial charge is 0.339 e. The number of ether oxygens (including phenoxy) is 1. The highest BCUT2D eigenvalue weighted by atomic mass is 35.5. The largest absolute Gasteiger partial charge is 0.462 e. The predicted molar refractivity (Wildman–Crippen MR) is 75.8 cm³/mol. The Morgan fingerprint density at radius 2 is 2.21 bits per heavy atom. The van der Waals surface area contributed by atoms with Crippen LogP contribution in [0.15, 0.2) is 52.5 Å². The molecule has 0 amide bonds. The van der Waals surface area contributed by atoms with Gasteiger partial charge in [-0.1, -0.05) is 29.4 Å². The first kappa shape index (κ1) is 13.9. The van der Waals surface area contributed by atoms with E-state index in [1.54, 1.807) is 19.1 Å². The maximum atomic E-state index is 11.5. The van der Waals surface area contributed by atoms with Crippen molar-refractivity contribution in [2.75, 3.05) is 6.61 Å². The third-order valence-electron chi connectivity index (χ3n) is 2.27. The SMILES string of the molecule is CCOC(=O)c1ccc(Sc2cccc(Cl)c2)nc1. The molecule has 1 aromatic carbocycles. The van der Waals surface area contributed by atoms with Crippen molar-refractivity contribution in [2.45, 2.75) is 16.8 Å².